The molecule has 19 heavy (non-hydrogen) atoms. The van der Waals surface area contributed by atoms with Crippen LogP contribution in [0.2, 0.25) is 0 Å². The number of hydrogen-bond acceptors (Lipinski definition) is 5. The first-order chi connectivity index (χ1) is 9.19. The van der Waals surface area contributed by atoms with Crippen molar-refractivity contribution >= 4 is 11.7 Å². The lowest BCUT2D eigenvalue weighted by Crippen LogP contribution is -2.30. The molecule has 1 amide bonds. The fraction of sp³-hybridized carbons (Fsp3) is 0.538. The van der Waals surface area contributed by atoms with E-state index >= 15 is 0 Å². The average Bonchev–Trinajstić information content (AvgIpc) is 2.89. The summed E-state index contributed by atoms with van der Waals surface area (Å²) in [4.78, 5) is 18.3. The van der Waals surface area contributed by atoms with Crippen molar-refractivity contribution in [3.8, 4) is 0 Å². The molecule has 0 saturated carbocycles. The Morgan fingerprint density at radius 2 is 1.95 bits per heavy atom. The van der Waals surface area contributed by atoms with Gasteiger partial charge in [0, 0.05) is 34.4 Å². The minimum atomic E-state index is -0.0984. The number of likely N-dealkylation sites (tertiary alicyclic amines) is 1. The topological polar surface area (TPSA) is 63.7 Å². The van der Waals surface area contributed by atoms with Gasteiger partial charge in [0.25, 0.3) is 5.91 Å². The normalized spacial score (nSPS) is 22.6. The molecule has 1 saturated heterocycles. The van der Waals surface area contributed by atoms with Gasteiger partial charge in [0.1, 0.15) is 23.7 Å². The lowest BCUT2D eigenvalue weighted by Gasteiger charge is -2.15. The van der Waals surface area contributed by atoms with Crippen LogP contribution in [0.5, 0.6) is 0 Å². The van der Waals surface area contributed by atoms with Crippen LogP contribution in [0.3, 0.4) is 0 Å². The monoisotopic (exact) mass is 265 g/mol. The quantitative estimate of drug-likeness (QED) is 0.864. The van der Waals surface area contributed by atoms with Crippen molar-refractivity contribution in [1.82, 2.24) is 9.88 Å². The van der Waals surface area contributed by atoms with Crippen LogP contribution in [0.1, 0.15) is 10.5 Å². The highest BCUT2D eigenvalue weighted by atomic mass is 16.5. The number of aromatic nitrogens is 1. The summed E-state index contributed by atoms with van der Waals surface area (Å²) < 4.78 is 10.6. The molecule has 2 heterocycles. The van der Waals surface area contributed by atoms with E-state index in [4.69, 9.17) is 9.47 Å². The number of amides is 1. The van der Waals surface area contributed by atoms with Gasteiger partial charge < -0.3 is 19.7 Å². The standard InChI is InChI=1S/C13H19N3O3/c1-14-12-6-4-5-9(15-12)13(17)16-7-10(18-2)11(8-16)19-3/h4-6,10-11H,7-8H2,1-3H3,(H,14,15). The number of carbonyl (C=O) groups is 1. The molecule has 1 aromatic heterocycles. The minimum absolute atomic E-state index is 0.0820. The van der Waals surface area contributed by atoms with E-state index in [1.807, 2.05) is 12.1 Å². The Morgan fingerprint density at radius 3 is 2.47 bits per heavy atom. The Morgan fingerprint density at radius 1 is 1.32 bits per heavy atom. The summed E-state index contributed by atoms with van der Waals surface area (Å²) in [5.41, 5.74) is 0.429. The molecule has 2 atom stereocenters. The fourth-order valence-electron chi connectivity index (χ4n) is 2.22. The first-order valence-corrected chi connectivity index (χ1v) is 6.19. The first kappa shape index (κ1) is 13.8. The smallest absolute Gasteiger partial charge is 0.272 e. The molecule has 0 aromatic carbocycles. The van der Waals surface area contributed by atoms with Gasteiger partial charge in [-0.1, -0.05) is 6.07 Å². The predicted molar refractivity (Wildman–Crippen MR) is 71.3 cm³/mol. The van der Waals surface area contributed by atoms with Crippen LogP contribution < -0.4 is 5.32 Å². The van der Waals surface area contributed by atoms with Gasteiger partial charge in [-0.05, 0) is 12.1 Å². The second kappa shape index (κ2) is 5.99. The van der Waals surface area contributed by atoms with Crippen LogP contribution in [-0.4, -0.2) is 62.4 Å². The maximum absolute atomic E-state index is 12.4. The average molecular weight is 265 g/mol. The number of methoxy groups -OCH3 is 2. The number of hydrogen-bond donors (Lipinski definition) is 1. The van der Waals surface area contributed by atoms with Crippen molar-refractivity contribution < 1.29 is 14.3 Å². The second-order valence-corrected chi connectivity index (χ2v) is 4.42. The maximum Gasteiger partial charge on any atom is 0.272 e. The zero-order chi connectivity index (χ0) is 13.8. The van der Waals surface area contributed by atoms with E-state index in [0.717, 1.165) is 0 Å². The summed E-state index contributed by atoms with van der Waals surface area (Å²) >= 11 is 0. The van der Waals surface area contributed by atoms with E-state index in [9.17, 15) is 4.79 Å². The molecular formula is C13H19N3O3. The number of nitrogens with one attached hydrogen (secondary N) is 1. The van der Waals surface area contributed by atoms with Gasteiger partial charge in [0.2, 0.25) is 0 Å². The summed E-state index contributed by atoms with van der Waals surface area (Å²) in [7, 11) is 5.03. The van der Waals surface area contributed by atoms with Gasteiger partial charge >= 0.3 is 0 Å². The number of nitrogens with zero attached hydrogens (tertiary/aromatic N) is 2. The number of anilines is 1. The van der Waals surface area contributed by atoms with Crippen molar-refractivity contribution in [3.05, 3.63) is 23.9 Å². The Kier molecular flexibility index (Phi) is 4.34. The number of carbonyl (C=O) groups excluding carboxylic acids is 1. The number of ether oxygens (including phenoxy) is 2. The van der Waals surface area contributed by atoms with Crippen LogP contribution in [-0.2, 0) is 9.47 Å². The van der Waals surface area contributed by atoms with E-state index in [1.165, 1.54) is 0 Å². The summed E-state index contributed by atoms with van der Waals surface area (Å²) in [6, 6.07) is 5.34. The molecule has 1 aliphatic heterocycles. The summed E-state index contributed by atoms with van der Waals surface area (Å²) in [6.07, 6.45) is -0.164. The van der Waals surface area contributed by atoms with Crippen molar-refractivity contribution in [2.24, 2.45) is 0 Å². The highest BCUT2D eigenvalue weighted by molar-refractivity contribution is 5.93. The van der Waals surface area contributed by atoms with Gasteiger partial charge in [-0.3, -0.25) is 4.79 Å². The van der Waals surface area contributed by atoms with Gasteiger partial charge in [0.15, 0.2) is 0 Å². The number of rotatable bonds is 4. The first-order valence-electron chi connectivity index (χ1n) is 6.19. The minimum Gasteiger partial charge on any atom is -0.377 e. The highest BCUT2D eigenvalue weighted by Gasteiger charge is 2.36. The van der Waals surface area contributed by atoms with Crippen molar-refractivity contribution in [2.75, 3.05) is 39.7 Å². The fourth-order valence-corrected chi connectivity index (χ4v) is 2.22. The molecule has 0 spiro atoms. The maximum atomic E-state index is 12.4. The van der Waals surface area contributed by atoms with Gasteiger partial charge in [-0.25, -0.2) is 4.98 Å². The zero-order valence-corrected chi connectivity index (χ0v) is 11.4. The van der Waals surface area contributed by atoms with Crippen molar-refractivity contribution in [2.45, 2.75) is 12.2 Å². The Bertz CT molecular complexity index is 441. The molecule has 1 aromatic rings. The van der Waals surface area contributed by atoms with Crippen molar-refractivity contribution in [1.29, 1.82) is 0 Å². The van der Waals surface area contributed by atoms with Crippen LogP contribution in [0.15, 0.2) is 18.2 Å². The molecule has 2 unspecified atom stereocenters. The lowest BCUT2D eigenvalue weighted by atomic mass is 10.3. The second-order valence-electron chi connectivity index (χ2n) is 4.42. The molecule has 104 valence electrons. The van der Waals surface area contributed by atoms with Gasteiger partial charge in [-0.2, -0.15) is 0 Å². The largest absolute Gasteiger partial charge is 0.377 e. The van der Waals surface area contributed by atoms with E-state index < -0.39 is 0 Å². The third kappa shape index (κ3) is 2.85. The SMILES string of the molecule is CNc1cccc(C(=O)N2CC(OC)C(OC)C2)n1. The van der Waals surface area contributed by atoms with Crippen molar-refractivity contribution in [3.63, 3.8) is 0 Å². The molecule has 6 heteroatoms. The highest BCUT2D eigenvalue weighted by Crippen LogP contribution is 2.18. The lowest BCUT2D eigenvalue weighted by molar-refractivity contribution is -0.00461. The molecular weight excluding hydrogens is 246 g/mol. The summed E-state index contributed by atoms with van der Waals surface area (Å²) in [5.74, 6) is 0.579. The van der Waals surface area contributed by atoms with E-state index in [0.29, 0.717) is 24.6 Å². The Labute approximate surface area is 112 Å². The van der Waals surface area contributed by atoms with Gasteiger partial charge in [0.05, 0.1) is 0 Å². The van der Waals surface area contributed by atoms with E-state index in [-0.39, 0.29) is 18.1 Å². The third-order valence-electron chi connectivity index (χ3n) is 3.33. The Balaban J connectivity index is 2.12. The molecule has 6 nitrogen and oxygen atoms in total. The van der Waals surface area contributed by atoms with Gasteiger partial charge in [-0.15, -0.1) is 0 Å². The van der Waals surface area contributed by atoms with E-state index in [1.54, 1.807) is 32.2 Å². The summed E-state index contributed by atoms with van der Waals surface area (Å²) in [5, 5.41) is 2.92. The molecule has 1 N–H and O–H groups in total. The van der Waals surface area contributed by atoms with Crippen LogP contribution in [0.25, 0.3) is 0 Å². The van der Waals surface area contributed by atoms with E-state index in [2.05, 4.69) is 10.3 Å². The molecule has 0 aliphatic carbocycles. The molecule has 2 rings (SSSR count). The molecule has 0 radical (unpaired) electrons. The Hall–Kier alpha value is -1.66. The van der Waals surface area contributed by atoms with Crippen LogP contribution in [0, 0.1) is 0 Å². The third-order valence-corrected chi connectivity index (χ3v) is 3.33. The number of pyridine rings is 1. The molecule has 0 bridgehead atoms. The van der Waals surface area contributed by atoms with Crippen LogP contribution >= 0.6 is 0 Å². The zero-order valence-electron chi connectivity index (χ0n) is 11.4. The predicted octanol–water partition coefficient (Wildman–Crippen LogP) is 0.609. The summed E-state index contributed by atoms with van der Waals surface area (Å²) in [6.45, 7) is 1.05. The molecule has 1 aliphatic rings. The molecule has 1 fully saturated rings. The van der Waals surface area contributed by atoms with Crippen LogP contribution in [0.4, 0.5) is 5.82 Å².